The smallest absolute Gasteiger partial charge is 0.256 e. The van der Waals surface area contributed by atoms with Crippen LogP contribution in [0.25, 0.3) is 10.8 Å². The fourth-order valence-electron chi connectivity index (χ4n) is 2.00. The van der Waals surface area contributed by atoms with Crippen molar-refractivity contribution in [1.82, 2.24) is 4.98 Å². The van der Waals surface area contributed by atoms with Crippen LogP contribution in [0.3, 0.4) is 0 Å². The Labute approximate surface area is 144 Å². The monoisotopic (exact) mass is 452 g/mol. The van der Waals surface area contributed by atoms with Crippen LogP contribution in [0.1, 0.15) is 10.4 Å². The van der Waals surface area contributed by atoms with E-state index >= 15 is 0 Å². The topological polar surface area (TPSA) is 42.0 Å². The molecule has 1 N–H and O–H groups in total. The Morgan fingerprint density at radius 3 is 2.57 bits per heavy atom. The molecule has 104 valence electrons. The summed E-state index contributed by atoms with van der Waals surface area (Å²) in [6.45, 7) is 0. The number of fused-ring (bicyclic) bond motifs is 1. The number of carbonyl (C=O) groups excluding carboxylic acids is 1. The van der Waals surface area contributed by atoms with E-state index in [4.69, 9.17) is 0 Å². The summed E-state index contributed by atoms with van der Waals surface area (Å²) in [5.74, 6) is 0.393. The first-order valence-corrected chi connectivity index (χ1v) is 8.11. The van der Waals surface area contributed by atoms with Crippen molar-refractivity contribution in [3.63, 3.8) is 0 Å². The number of amides is 1. The molecule has 0 saturated carbocycles. The van der Waals surface area contributed by atoms with Gasteiger partial charge in [0.2, 0.25) is 0 Å². The number of rotatable bonds is 2. The minimum absolute atomic E-state index is 0.159. The number of nitrogens with zero attached hydrogens (tertiary/aromatic N) is 1. The quantitative estimate of drug-likeness (QED) is 0.564. The van der Waals surface area contributed by atoms with Gasteiger partial charge in [0.1, 0.15) is 5.82 Å². The molecule has 2 aromatic carbocycles. The van der Waals surface area contributed by atoms with Crippen molar-refractivity contribution in [2.75, 3.05) is 5.32 Å². The summed E-state index contributed by atoms with van der Waals surface area (Å²) >= 11 is 5.62. The average Bonchev–Trinajstić information content (AvgIpc) is 2.49. The van der Waals surface area contributed by atoms with Gasteiger partial charge < -0.3 is 5.32 Å². The fourth-order valence-corrected chi connectivity index (χ4v) is 2.69. The van der Waals surface area contributed by atoms with E-state index < -0.39 is 0 Å². The second kappa shape index (κ2) is 6.11. The van der Waals surface area contributed by atoms with E-state index in [1.54, 1.807) is 12.3 Å². The zero-order valence-electron chi connectivity index (χ0n) is 10.8. The number of carbonyl (C=O) groups is 1. The lowest BCUT2D eigenvalue weighted by Gasteiger charge is -2.06. The Hall–Kier alpha value is -1.47. The fraction of sp³-hybridized carbons (Fsp3) is 0. The lowest BCUT2D eigenvalue weighted by atomic mass is 10.1. The minimum Gasteiger partial charge on any atom is -0.307 e. The van der Waals surface area contributed by atoms with Gasteiger partial charge in [0.25, 0.3) is 5.91 Å². The summed E-state index contributed by atoms with van der Waals surface area (Å²) in [5.41, 5.74) is 0.616. The molecule has 0 saturated heterocycles. The average molecular weight is 453 g/mol. The van der Waals surface area contributed by atoms with Crippen LogP contribution >= 0.6 is 38.5 Å². The molecule has 0 unspecified atom stereocenters. The van der Waals surface area contributed by atoms with Gasteiger partial charge in [-0.25, -0.2) is 4.98 Å². The highest BCUT2D eigenvalue weighted by Crippen LogP contribution is 2.21. The van der Waals surface area contributed by atoms with Crippen LogP contribution in [0.15, 0.2) is 59.2 Å². The van der Waals surface area contributed by atoms with Crippen molar-refractivity contribution in [2.24, 2.45) is 0 Å². The van der Waals surface area contributed by atoms with Crippen molar-refractivity contribution >= 4 is 61.0 Å². The molecule has 21 heavy (non-hydrogen) atoms. The van der Waals surface area contributed by atoms with Crippen LogP contribution in [0.2, 0.25) is 0 Å². The Kier molecular flexibility index (Phi) is 4.21. The normalized spacial score (nSPS) is 10.6. The second-order valence-corrected chi connectivity index (χ2v) is 6.68. The van der Waals surface area contributed by atoms with Crippen LogP contribution < -0.4 is 5.32 Å². The zero-order valence-corrected chi connectivity index (χ0v) is 14.6. The molecule has 0 aliphatic carbocycles. The standard InChI is InChI=1S/C16H10BrIN2O/c17-13-4-3-10-7-12(2-1-11(10)8-13)16(21)20-15-6-5-14(18)9-19-15/h1-9H,(H,19,20,21). The summed E-state index contributed by atoms with van der Waals surface area (Å²) in [6, 6.07) is 15.3. The molecule has 5 heteroatoms. The summed E-state index contributed by atoms with van der Waals surface area (Å²) < 4.78 is 2.05. The Morgan fingerprint density at radius 2 is 1.81 bits per heavy atom. The highest BCUT2D eigenvalue weighted by atomic mass is 127. The van der Waals surface area contributed by atoms with Gasteiger partial charge in [-0.1, -0.05) is 28.1 Å². The molecule has 1 aromatic heterocycles. The number of aromatic nitrogens is 1. The van der Waals surface area contributed by atoms with Crippen molar-refractivity contribution in [3.8, 4) is 0 Å². The van der Waals surface area contributed by atoms with Gasteiger partial charge in [-0.15, -0.1) is 0 Å². The Morgan fingerprint density at radius 1 is 1.05 bits per heavy atom. The maximum absolute atomic E-state index is 12.2. The predicted octanol–water partition coefficient (Wildman–Crippen LogP) is 4.85. The number of benzene rings is 2. The minimum atomic E-state index is -0.159. The molecule has 0 aliphatic heterocycles. The lowest BCUT2D eigenvalue weighted by Crippen LogP contribution is -2.12. The number of halogens is 2. The SMILES string of the molecule is O=C(Nc1ccc(I)cn1)c1ccc2cc(Br)ccc2c1. The molecule has 3 rings (SSSR count). The van der Waals surface area contributed by atoms with Gasteiger partial charge in [-0.3, -0.25) is 4.79 Å². The number of hydrogen-bond acceptors (Lipinski definition) is 2. The molecule has 0 radical (unpaired) electrons. The third-order valence-electron chi connectivity index (χ3n) is 3.03. The molecular weight excluding hydrogens is 443 g/mol. The van der Waals surface area contributed by atoms with E-state index in [9.17, 15) is 4.79 Å². The van der Waals surface area contributed by atoms with E-state index in [1.165, 1.54) is 0 Å². The summed E-state index contributed by atoms with van der Waals surface area (Å²) in [5, 5.41) is 4.92. The van der Waals surface area contributed by atoms with Gasteiger partial charge in [0.15, 0.2) is 0 Å². The van der Waals surface area contributed by atoms with Crippen LogP contribution in [0, 0.1) is 3.57 Å². The van der Waals surface area contributed by atoms with Crippen LogP contribution in [0.4, 0.5) is 5.82 Å². The van der Waals surface area contributed by atoms with Crippen LogP contribution in [0.5, 0.6) is 0 Å². The number of hydrogen-bond donors (Lipinski definition) is 1. The van der Waals surface area contributed by atoms with Gasteiger partial charge in [-0.05, 0) is 69.8 Å². The maximum atomic E-state index is 12.2. The Balaban J connectivity index is 1.87. The molecule has 0 fully saturated rings. The third kappa shape index (κ3) is 3.41. The van der Waals surface area contributed by atoms with E-state index in [1.807, 2.05) is 42.5 Å². The van der Waals surface area contributed by atoms with Crippen molar-refractivity contribution in [1.29, 1.82) is 0 Å². The van der Waals surface area contributed by atoms with Gasteiger partial charge in [-0.2, -0.15) is 0 Å². The van der Waals surface area contributed by atoms with Crippen molar-refractivity contribution < 1.29 is 4.79 Å². The first kappa shape index (κ1) is 14.5. The van der Waals surface area contributed by atoms with E-state index in [2.05, 4.69) is 48.8 Å². The van der Waals surface area contributed by atoms with Gasteiger partial charge >= 0.3 is 0 Å². The summed E-state index contributed by atoms with van der Waals surface area (Å²) in [7, 11) is 0. The molecule has 1 heterocycles. The summed E-state index contributed by atoms with van der Waals surface area (Å²) in [4.78, 5) is 16.4. The maximum Gasteiger partial charge on any atom is 0.256 e. The van der Waals surface area contributed by atoms with Crippen molar-refractivity contribution in [2.45, 2.75) is 0 Å². The zero-order chi connectivity index (χ0) is 14.8. The molecule has 1 amide bonds. The first-order valence-electron chi connectivity index (χ1n) is 6.24. The number of pyridine rings is 1. The molecule has 0 spiro atoms. The predicted molar refractivity (Wildman–Crippen MR) is 96.6 cm³/mol. The first-order chi connectivity index (χ1) is 10.1. The van der Waals surface area contributed by atoms with Gasteiger partial charge in [0.05, 0.1) is 0 Å². The highest BCUT2D eigenvalue weighted by Gasteiger charge is 2.07. The number of nitrogens with one attached hydrogen (secondary N) is 1. The molecule has 0 atom stereocenters. The van der Waals surface area contributed by atoms with Crippen molar-refractivity contribution in [3.05, 3.63) is 68.3 Å². The van der Waals surface area contributed by atoms with E-state index in [0.717, 1.165) is 18.8 Å². The Bertz CT molecular complexity index is 818. The lowest BCUT2D eigenvalue weighted by molar-refractivity contribution is 0.102. The molecular formula is C16H10BrIN2O. The van der Waals surface area contributed by atoms with Crippen LogP contribution in [-0.4, -0.2) is 10.9 Å². The largest absolute Gasteiger partial charge is 0.307 e. The summed E-state index contributed by atoms with van der Waals surface area (Å²) in [6.07, 6.45) is 1.72. The molecule has 0 aliphatic rings. The van der Waals surface area contributed by atoms with E-state index in [0.29, 0.717) is 11.4 Å². The second-order valence-electron chi connectivity index (χ2n) is 4.52. The third-order valence-corrected chi connectivity index (χ3v) is 4.16. The molecule has 3 aromatic rings. The molecule has 3 nitrogen and oxygen atoms in total. The van der Waals surface area contributed by atoms with Crippen LogP contribution in [-0.2, 0) is 0 Å². The number of anilines is 1. The van der Waals surface area contributed by atoms with Gasteiger partial charge in [0, 0.05) is 19.8 Å². The molecule has 0 bridgehead atoms. The highest BCUT2D eigenvalue weighted by molar-refractivity contribution is 14.1. The van der Waals surface area contributed by atoms with E-state index in [-0.39, 0.29) is 5.91 Å².